The molecule has 3 aromatic carbocycles. The molecule has 0 N–H and O–H groups in total. The first-order valence-corrected chi connectivity index (χ1v) is 15.2. The van der Waals surface area contributed by atoms with Crippen molar-refractivity contribution in [2.75, 3.05) is 13.7 Å². The van der Waals surface area contributed by atoms with E-state index in [1.54, 1.807) is 37.7 Å². The summed E-state index contributed by atoms with van der Waals surface area (Å²) in [6.07, 6.45) is 1.75. The minimum atomic E-state index is -0.779. The molecule has 1 aliphatic rings. The molecule has 1 aromatic heterocycles. The zero-order valence-corrected chi connectivity index (χ0v) is 26.3. The van der Waals surface area contributed by atoms with Gasteiger partial charge in [0.2, 0.25) is 0 Å². The number of rotatable bonds is 9. The fourth-order valence-corrected chi connectivity index (χ4v) is 6.25. The maximum absolute atomic E-state index is 14.3. The van der Waals surface area contributed by atoms with E-state index in [0.29, 0.717) is 43.4 Å². The van der Waals surface area contributed by atoms with Crippen molar-refractivity contribution >= 4 is 34.2 Å². The van der Waals surface area contributed by atoms with Crippen LogP contribution in [-0.2, 0) is 9.53 Å². The van der Waals surface area contributed by atoms with Gasteiger partial charge in [0, 0.05) is 5.56 Å². The Kier molecular flexibility index (Phi) is 8.73. The van der Waals surface area contributed by atoms with E-state index in [9.17, 15) is 9.59 Å². The molecular weight excluding hydrogens is 564 g/mol. The summed E-state index contributed by atoms with van der Waals surface area (Å²) in [4.78, 5) is 32.8. The molecule has 224 valence electrons. The summed E-state index contributed by atoms with van der Waals surface area (Å²) < 4.78 is 25.2. The fourth-order valence-electron chi connectivity index (χ4n) is 5.22. The first-order valence-electron chi connectivity index (χ1n) is 14.4. The van der Waals surface area contributed by atoms with Gasteiger partial charge >= 0.3 is 5.97 Å². The van der Waals surface area contributed by atoms with Gasteiger partial charge in [0.05, 0.1) is 47.8 Å². The molecule has 5 rings (SSSR count). The molecule has 0 fully saturated rings. The van der Waals surface area contributed by atoms with Crippen molar-refractivity contribution in [3.63, 3.8) is 0 Å². The van der Waals surface area contributed by atoms with Gasteiger partial charge in [-0.1, -0.05) is 47.7 Å². The van der Waals surface area contributed by atoms with Crippen LogP contribution in [0.3, 0.4) is 0 Å². The van der Waals surface area contributed by atoms with Gasteiger partial charge in [-0.05, 0) is 82.2 Å². The van der Waals surface area contributed by atoms with Crippen LogP contribution in [0, 0.1) is 0 Å². The highest BCUT2D eigenvalue weighted by atomic mass is 32.1. The van der Waals surface area contributed by atoms with Gasteiger partial charge in [-0.3, -0.25) is 9.36 Å². The molecule has 0 saturated heterocycles. The molecule has 8 nitrogen and oxygen atoms in total. The van der Waals surface area contributed by atoms with Gasteiger partial charge in [0.25, 0.3) is 5.56 Å². The van der Waals surface area contributed by atoms with Crippen LogP contribution in [-0.4, -0.2) is 36.5 Å². The molecule has 0 radical (unpaired) electrons. The van der Waals surface area contributed by atoms with Gasteiger partial charge in [-0.15, -0.1) is 0 Å². The summed E-state index contributed by atoms with van der Waals surface area (Å²) in [5.41, 5.74) is 2.01. The Morgan fingerprint density at radius 1 is 1.00 bits per heavy atom. The van der Waals surface area contributed by atoms with E-state index in [1.807, 2.05) is 76.2 Å². The highest BCUT2D eigenvalue weighted by molar-refractivity contribution is 7.07. The average molecular weight is 601 g/mol. The second-order valence-electron chi connectivity index (χ2n) is 10.7. The quantitative estimate of drug-likeness (QED) is 0.235. The minimum Gasteiger partial charge on any atom is -0.493 e. The number of ether oxygens (including phenoxy) is 4. The summed E-state index contributed by atoms with van der Waals surface area (Å²) in [5.74, 6) is 1.23. The molecule has 1 atom stereocenters. The van der Waals surface area contributed by atoms with Crippen LogP contribution in [0.2, 0.25) is 0 Å². The molecule has 9 heteroatoms. The molecule has 0 amide bonds. The molecular formula is C34H36N2O6S. The van der Waals surface area contributed by atoms with Gasteiger partial charge in [0.15, 0.2) is 16.3 Å². The van der Waals surface area contributed by atoms with E-state index in [4.69, 9.17) is 23.9 Å². The smallest absolute Gasteiger partial charge is 0.338 e. The second kappa shape index (κ2) is 12.5. The van der Waals surface area contributed by atoms with E-state index in [0.717, 1.165) is 16.3 Å². The Morgan fingerprint density at radius 2 is 1.70 bits per heavy atom. The summed E-state index contributed by atoms with van der Waals surface area (Å²) in [6, 6.07) is 16.6. The standard InChI is InChI=1S/C34H36N2O6S/c1-8-40-33(38)30-21(6)35-34-36(31(30)23-14-16-27(42-20(4)5)28(17-23)39-7)32(37)29(43-34)18-25-24-12-10-9-11-22(24)13-15-26(25)41-19(2)3/h9-20,31H,8H2,1-7H3/b29-18+/t31-/m0/s1. The van der Waals surface area contributed by atoms with Crippen molar-refractivity contribution in [3.8, 4) is 17.2 Å². The zero-order chi connectivity index (χ0) is 30.8. The Balaban J connectivity index is 1.76. The topological polar surface area (TPSA) is 88.4 Å². The molecule has 0 unspecified atom stereocenters. The summed E-state index contributed by atoms with van der Waals surface area (Å²) in [5, 5.41) is 2.00. The number of benzene rings is 3. The average Bonchev–Trinajstić information content (AvgIpc) is 3.27. The number of hydrogen-bond donors (Lipinski definition) is 0. The zero-order valence-electron chi connectivity index (χ0n) is 25.5. The van der Waals surface area contributed by atoms with Crippen LogP contribution in [0.15, 0.2) is 75.7 Å². The van der Waals surface area contributed by atoms with Crippen molar-refractivity contribution in [1.29, 1.82) is 0 Å². The third kappa shape index (κ3) is 5.95. The minimum absolute atomic E-state index is 0.0538. The van der Waals surface area contributed by atoms with Gasteiger partial charge in [-0.25, -0.2) is 9.79 Å². The van der Waals surface area contributed by atoms with Crippen LogP contribution >= 0.6 is 11.3 Å². The SMILES string of the molecule is CCOC(=O)C1=C(C)N=c2s/c(=C/c3c(OC(C)C)ccc4ccccc34)c(=O)n2[C@H]1c1ccc(OC(C)C)c(OC)c1. The van der Waals surface area contributed by atoms with Crippen LogP contribution < -0.4 is 29.1 Å². The van der Waals surface area contributed by atoms with Crippen molar-refractivity contribution in [2.24, 2.45) is 4.99 Å². The number of fused-ring (bicyclic) bond motifs is 2. The Morgan fingerprint density at radius 3 is 2.40 bits per heavy atom. The van der Waals surface area contributed by atoms with Gasteiger partial charge in [-0.2, -0.15) is 0 Å². The van der Waals surface area contributed by atoms with Crippen LogP contribution in [0.4, 0.5) is 0 Å². The lowest BCUT2D eigenvalue weighted by atomic mass is 9.95. The molecule has 4 aromatic rings. The maximum Gasteiger partial charge on any atom is 0.338 e. The number of aromatic nitrogens is 1. The number of thiazole rings is 1. The highest BCUT2D eigenvalue weighted by Crippen LogP contribution is 2.37. The molecule has 0 aliphatic carbocycles. The van der Waals surface area contributed by atoms with Crippen molar-refractivity contribution < 1.29 is 23.7 Å². The predicted molar refractivity (Wildman–Crippen MR) is 169 cm³/mol. The lowest BCUT2D eigenvalue weighted by molar-refractivity contribution is -0.139. The maximum atomic E-state index is 14.3. The van der Waals surface area contributed by atoms with E-state index < -0.39 is 12.0 Å². The predicted octanol–water partition coefficient (Wildman–Crippen LogP) is 5.53. The van der Waals surface area contributed by atoms with Crippen molar-refractivity contribution in [2.45, 2.75) is 59.8 Å². The number of esters is 1. The van der Waals surface area contributed by atoms with Crippen LogP contribution in [0.1, 0.15) is 58.7 Å². The molecule has 1 aliphatic heterocycles. The Hall–Kier alpha value is -4.37. The largest absolute Gasteiger partial charge is 0.493 e. The molecule has 2 heterocycles. The number of nitrogens with zero attached hydrogens (tertiary/aromatic N) is 2. The number of carbonyl (C=O) groups is 1. The number of carbonyl (C=O) groups excluding carboxylic acids is 1. The third-order valence-electron chi connectivity index (χ3n) is 6.95. The van der Waals surface area contributed by atoms with Crippen molar-refractivity contribution in [3.05, 3.63) is 96.7 Å². The summed E-state index contributed by atoms with van der Waals surface area (Å²) in [7, 11) is 1.56. The molecule has 43 heavy (non-hydrogen) atoms. The number of hydrogen-bond acceptors (Lipinski definition) is 8. The van der Waals surface area contributed by atoms with E-state index in [1.165, 1.54) is 11.3 Å². The molecule has 0 spiro atoms. The van der Waals surface area contributed by atoms with E-state index in [2.05, 4.69) is 0 Å². The van der Waals surface area contributed by atoms with Gasteiger partial charge < -0.3 is 18.9 Å². The van der Waals surface area contributed by atoms with Gasteiger partial charge in [0.1, 0.15) is 5.75 Å². The van der Waals surface area contributed by atoms with E-state index in [-0.39, 0.29) is 24.4 Å². The third-order valence-corrected chi connectivity index (χ3v) is 7.93. The van der Waals surface area contributed by atoms with Crippen LogP contribution in [0.25, 0.3) is 16.8 Å². The Bertz CT molecular complexity index is 1900. The normalized spacial score (nSPS) is 15.1. The first-order chi connectivity index (χ1) is 20.6. The Labute approximate surface area is 254 Å². The lowest BCUT2D eigenvalue weighted by Gasteiger charge is -2.25. The molecule has 0 bridgehead atoms. The van der Waals surface area contributed by atoms with Crippen molar-refractivity contribution in [1.82, 2.24) is 4.57 Å². The second-order valence-corrected chi connectivity index (χ2v) is 11.8. The lowest BCUT2D eigenvalue weighted by Crippen LogP contribution is -2.40. The fraction of sp³-hybridized carbons (Fsp3) is 0.324. The first kappa shape index (κ1) is 30.1. The summed E-state index contributed by atoms with van der Waals surface area (Å²) >= 11 is 1.27. The number of allylic oxidation sites excluding steroid dienone is 1. The molecule has 0 saturated carbocycles. The summed E-state index contributed by atoms with van der Waals surface area (Å²) in [6.45, 7) is 11.5. The highest BCUT2D eigenvalue weighted by Gasteiger charge is 2.34. The van der Waals surface area contributed by atoms with Crippen LogP contribution in [0.5, 0.6) is 17.2 Å². The van der Waals surface area contributed by atoms with E-state index >= 15 is 0 Å². The monoisotopic (exact) mass is 600 g/mol. The number of methoxy groups -OCH3 is 1.